The van der Waals surface area contributed by atoms with Crippen molar-refractivity contribution in [3.63, 3.8) is 0 Å². The van der Waals surface area contributed by atoms with E-state index in [9.17, 15) is 105 Å². The first-order valence-electron chi connectivity index (χ1n) is 30.7. The molecule has 0 saturated carbocycles. The van der Waals surface area contributed by atoms with Gasteiger partial charge in [-0.1, -0.05) is 170 Å². The Hall–Kier alpha value is -8.91. The molecule has 0 aromatic heterocycles. The predicted molar refractivity (Wildman–Crippen MR) is 359 cm³/mol. The molecule has 0 saturated heterocycles. The molecule has 0 bridgehead atoms. The molecule has 11 rings (SSSR count). The number of aryl methyl sites for hydroxylation is 2. The summed E-state index contributed by atoms with van der Waals surface area (Å²) >= 11 is 0. The molecule has 0 spiro atoms. The van der Waals surface area contributed by atoms with Crippen LogP contribution in [0.15, 0.2) is 267 Å². The Labute approximate surface area is 599 Å². The maximum absolute atomic E-state index is 14.2. The minimum Gasteiger partial charge on any atom is -0.449 e. The van der Waals surface area contributed by atoms with Gasteiger partial charge in [0.05, 0.1) is 44.5 Å². The van der Waals surface area contributed by atoms with Crippen molar-refractivity contribution in [2.45, 2.75) is 63.3 Å². The molecule has 29 heteroatoms. The van der Waals surface area contributed by atoms with Crippen LogP contribution < -0.4 is 58.4 Å². The molecule has 11 aromatic rings. The van der Waals surface area contributed by atoms with Crippen LogP contribution in [0.2, 0.25) is 0 Å². The van der Waals surface area contributed by atoms with Crippen molar-refractivity contribution in [2.24, 2.45) is 0 Å². The summed E-state index contributed by atoms with van der Waals surface area (Å²) in [6.07, 6.45) is -54.8. The summed E-state index contributed by atoms with van der Waals surface area (Å²) in [7, 11) is -2.56. The molecule has 0 unspecified atom stereocenters. The van der Waals surface area contributed by atoms with Gasteiger partial charge in [0.25, 0.3) is 0 Å². The normalized spacial score (nSPS) is 12.6. The first kappa shape index (κ1) is 81.8. The summed E-state index contributed by atoms with van der Waals surface area (Å²) in [5, 5.41) is 7.88. The fourth-order valence-electron chi connectivity index (χ4n) is 11.8. The predicted octanol–water partition coefficient (Wildman–Crippen LogP) is 20.0. The molecule has 105 heavy (non-hydrogen) atoms. The fraction of sp³-hybridized carbons (Fsp3) is 0.132. The standard InChI is InChI=1S/C36H28OP2.C32H12BF24.C8H10.Rh/c1-5-17-29(18-6-1)38(30-19-7-2-8-20-30)35-27-15-13-25-33(35)37-34-26-14-16-28-36(34)39(31-21-9-3-10-22-31)32-23-11-4-12-24-32;34-25(35,36)13-1-14(26(37,38)39)6-21(5-13)33(22-7-15(27(40,41)42)2-16(8-22)28(43,44)45,23-9-17(29(46,47)48)3-18(10-23)30(49,50)51)24-11-19(31(52,53)54)4-20(12-24)32(55,56)57;1-7-5-3-4-6-8(7)2;/h1-28H;1-12H;3-6H,1-2H3;/q;-1;;/p+2. The van der Waals surface area contributed by atoms with Crippen molar-refractivity contribution >= 4 is 75.7 Å². The van der Waals surface area contributed by atoms with E-state index in [1.54, 1.807) is 0 Å². The third-order valence-corrected chi connectivity index (χ3v) is 22.2. The van der Waals surface area contributed by atoms with E-state index in [-0.39, 0.29) is 19.5 Å². The van der Waals surface area contributed by atoms with Gasteiger partial charge >= 0.3 is 49.4 Å². The van der Waals surface area contributed by atoms with Crippen molar-refractivity contribution in [1.29, 1.82) is 0 Å². The van der Waals surface area contributed by atoms with Crippen molar-refractivity contribution in [3.05, 3.63) is 323 Å². The molecular formula is C76H52BF24OP2Rh+. The van der Waals surface area contributed by atoms with Crippen LogP contribution in [0, 0.1) is 13.8 Å². The quantitative estimate of drug-likeness (QED) is 0.0673. The number of hydrogen-bond acceptors (Lipinski definition) is 1. The summed E-state index contributed by atoms with van der Waals surface area (Å²) in [4.78, 5) is 0. The van der Waals surface area contributed by atoms with Crippen LogP contribution >= 0.6 is 15.8 Å². The van der Waals surface area contributed by atoms with Crippen LogP contribution in [0.3, 0.4) is 0 Å². The zero-order valence-electron chi connectivity index (χ0n) is 53.8. The Morgan fingerprint density at radius 3 is 0.581 bits per heavy atom. The molecule has 0 amide bonds. The van der Waals surface area contributed by atoms with E-state index < -0.39 is 211 Å². The van der Waals surface area contributed by atoms with E-state index >= 15 is 0 Å². The molecular weight excluding hydrogens is 1560 g/mol. The smallest absolute Gasteiger partial charge is 0.416 e. The summed E-state index contributed by atoms with van der Waals surface area (Å²) < 4.78 is 348. The third kappa shape index (κ3) is 19.8. The number of benzene rings is 11. The van der Waals surface area contributed by atoms with E-state index in [0.717, 1.165) is 11.5 Å². The molecule has 0 N–H and O–H groups in total. The molecule has 0 aliphatic rings. The summed E-state index contributed by atoms with van der Waals surface area (Å²) in [6, 6.07) is 60.1. The Balaban J connectivity index is 0.000000249. The third-order valence-electron chi connectivity index (χ3n) is 16.6. The van der Waals surface area contributed by atoms with Crippen LogP contribution in [0.25, 0.3) is 0 Å². The average molecular weight is 1610 g/mol. The maximum atomic E-state index is 14.2. The minimum absolute atomic E-state index is 0. The fourth-order valence-corrected chi connectivity index (χ4v) is 17.1. The summed E-state index contributed by atoms with van der Waals surface area (Å²) in [5.74, 6) is 1.85. The molecule has 0 aliphatic heterocycles. The van der Waals surface area contributed by atoms with E-state index in [4.69, 9.17) is 4.74 Å². The van der Waals surface area contributed by atoms with Gasteiger partial charge in [-0.15, -0.1) is 0 Å². The van der Waals surface area contributed by atoms with Crippen LogP contribution in [0.4, 0.5) is 105 Å². The van der Waals surface area contributed by atoms with Gasteiger partial charge in [0.1, 0.15) is 53.8 Å². The van der Waals surface area contributed by atoms with Gasteiger partial charge in [-0.3, -0.25) is 0 Å². The molecule has 0 aliphatic carbocycles. The van der Waals surface area contributed by atoms with E-state index in [0.29, 0.717) is 0 Å². The Bertz CT molecular complexity index is 4090. The molecule has 0 atom stereocenters. The number of halogens is 24. The second-order valence-corrected chi connectivity index (χ2v) is 28.5. The molecule has 1 nitrogen and oxygen atoms in total. The molecule has 0 heterocycles. The van der Waals surface area contributed by atoms with Crippen molar-refractivity contribution in [3.8, 4) is 11.5 Å². The second-order valence-electron chi connectivity index (χ2n) is 23.6. The maximum Gasteiger partial charge on any atom is 0.416 e. The van der Waals surface area contributed by atoms with E-state index in [1.807, 2.05) is 0 Å². The number of rotatable bonds is 12. The Morgan fingerprint density at radius 2 is 0.400 bits per heavy atom. The SMILES string of the molecule is Cc1ccccc1C.FC(F)(F)c1cc([B-](c2cc(C(F)(F)F)cc(C(F)(F)F)c2)(c2cc(C(F)(F)F)cc(C(F)(F)F)c2)c2cc(C(F)(F)F)cc(C(F)(F)F)c2)cc(C(F)(F)F)c1.[Rh].c1ccc([PH+](c2ccccc2)c2ccccc2Oc2ccccc2[PH+](c2ccccc2)c2ccccc2)cc1. The van der Waals surface area contributed by atoms with Crippen LogP contribution in [-0.4, -0.2) is 6.15 Å². The summed E-state index contributed by atoms with van der Waals surface area (Å²) in [5.41, 5.74) is -27.5. The molecule has 1 radical (unpaired) electrons. The number of para-hydroxylation sites is 2. The Kier molecular flexibility index (Phi) is 24.9. The van der Waals surface area contributed by atoms with Gasteiger partial charge in [0.2, 0.25) is 0 Å². The van der Waals surface area contributed by atoms with Crippen molar-refractivity contribution in [2.75, 3.05) is 0 Å². The van der Waals surface area contributed by atoms with Crippen LogP contribution in [0.1, 0.15) is 55.6 Å². The van der Waals surface area contributed by atoms with E-state index in [1.165, 1.54) is 43.0 Å². The molecule has 11 aromatic carbocycles. The Morgan fingerprint density at radius 1 is 0.229 bits per heavy atom. The van der Waals surface area contributed by atoms with Crippen LogP contribution in [-0.2, 0) is 68.9 Å². The molecule has 551 valence electrons. The first-order valence-corrected chi connectivity index (χ1v) is 33.7. The van der Waals surface area contributed by atoms with Gasteiger partial charge in [-0.05, 0) is 122 Å². The van der Waals surface area contributed by atoms with Crippen molar-refractivity contribution < 1.29 is 130 Å². The largest absolute Gasteiger partial charge is 0.449 e. The average Bonchev–Trinajstić information content (AvgIpc) is 0.707. The summed E-state index contributed by atoms with van der Waals surface area (Å²) in [6.45, 7) is 4.24. The van der Waals surface area contributed by atoms with Gasteiger partial charge in [-0.2, -0.15) is 127 Å². The zero-order valence-corrected chi connectivity index (χ0v) is 57.4. The van der Waals surface area contributed by atoms with Crippen molar-refractivity contribution in [1.82, 2.24) is 0 Å². The first-order chi connectivity index (χ1) is 48.4. The minimum atomic E-state index is -6.13. The topological polar surface area (TPSA) is 9.23 Å². The van der Waals surface area contributed by atoms with Gasteiger partial charge in [0.15, 0.2) is 11.5 Å². The number of ether oxygens (including phenoxy) is 1. The second kappa shape index (κ2) is 32.0. The zero-order chi connectivity index (χ0) is 76.2. The number of hydrogen-bond donors (Lipinski definition) is 0. The van der Waals surface area contributed by atoms with E-state index in [2.05, 4.69) is 208 Å². The van der Waals surface area contributed by atoms with Gasteiger partial charge in [-0.25, -0.2) is 0 Å². The molecule has 0 fully saturated rings. The monoisotopic (exact) mass is 1610 g/mol. The van der Waals surface area contributed by atoms with Crippen LogP contribution in [0.5, 0.6) is 11.5 Å². The number of alkyl halides is 24. The van der Waals surface area contributed by atoms with Gasteiger partial charge in [0, 0.05) is 19.5 Å². The van der Waals surface area contributed by atoms with Gasteiger partial charge < -0.3 is 4.74 Å².